The smallest absolute Gasteiger partial charge is 0.121 e. The number of rotatable bonds is 12. The van der Waals surface area contributed by atoms with Gasteiger partial charge in [-0.15, -0.1) is 0 Å². The number of benzene rings is 2. The lowest BCUT2D eigenvalue weighted by molar-refractivity contribution is 0.409. The zero-order valence-electron chi connectivity index (χ0n) is 19.4. The van der Waals surface area contributed by atoms with Crippen molar-refractivity contribution in [1.29, 1.82) is 0 Å². The van der Waals surface area contributed by atoms with Crippen molar-refractivity contribution in [2.24, 2.45) is 0 Å². The Morgan fingerprint density at radius 1 is 0.690 bits per heavy atom. The van der Waals surface area contributed by atoms with E-state index >= 15 is 0 Å². The summed E-state index contributed by atoms with van der Waals surface area (Å²) in [6, 6.07) is 13.3. The molecule has 0 fully saturated rings. The van der Waals surface area contributed by atoms with Crippen LogP contribution in [0.2, 0.25) is 0 Å². The summed E-state index contributed by atoms with van der Waals surface area (Å²) in [6.07, 6.45) is 10.5. The molecule has 2 nitrogen and oxygen atoms in total. The molecule has 29 heavy (non-hydrogen) atoms. The summed E-state index contributed by atoms with van der Waals surface area (Å²) in [5.74, 6) is 1.91. The van der Waals surface area contributed by atoms with E-state index in [1.54, 1.807) is 14.2 Å². The van der Waals surface area contributed by atoms with Gasteiger partial charge in [-0.1, -0.05) is 83.1 Å². The monoisotopic (exact) mass is 396 g/mol. The SMILES string of the molecule is CCCCCCCCCC(C)(c1ccc(OC)c(C)c1)c1ccc(OC)c(C)c1. The van der Waals surface area contributed by atoms with Crippen molar-refractivity contribution < 1.29 is 9.47 Å². The molecule has 160 valence electrons. The number of methoxy groups -OCH3 is 2. The Morgan fingerprint density at radius 3 is 1.55 bits per heavy atom. The molecule has 2 rings (SSSR count). The Bertz CT molecular complexity index is 710. The summed E-state index contributed by atoms with van der Waals surface area (Å²) in [4.78, 5) is 0. The molecule has 0 unspecified atom stereocenters. The Hall–Kier alpha value is -1.96. The van der Waals surface area contributed by atoms with Gasteiger partial charge in [0.2, 0.25) is 0 Å². The maximum atomic E-state index is 5.50. The number of aryl methyl sites for hydroxylation is 2. The van der Waals surface area contributed by atoms with Gasteiger partial charge in [0.1, 0.15) is 11.5 Å². The predicted molar refractivity (Wildman–Crippen MR) is 125 cm³/mol. The molecule has 2 aromatic rings. The van der Waals surface area contributed by atoms with Crippen LogP contribution < -0.4 is 9.47 Å². The minimum Gasteiger partial charge on any atom is -0.496 e. The fourth-order valence-corrected chi connectivity index (χ4v) is 4.33. The lowest BCUT2D eigenvalue weighted by Crippen LogP contribution is -2.24. The first-order chi connectivity index (χ1) is 14.0. The van der Waals surface area contributed by atoms with Gasteiger partial charge in [0, 0.05) is 5.41 Å². The molecule has 0 radical (unpaired) electrons. The van der Waals surface area contributed by atoms with Crippen molar-refractivity contribution in [3.05, 3.63) is 58.7 Å². The molecule has 0 aliphatic heterocycles. The van der Waals surface area contributed by atoms with Gasteiger partial charge in [0.15, 0.2) is 0 Å². The molecule has 0 aromatic heterocycles. The van der Waals surface area contributed by atoms with Crippen LogP contribution in [0.4, 0.5) is 0 Å². The van der Waals surface area contributed by atoms with E-state index in [0.717, 1.165) is 17.9 Å². The number of hydrogen-bond donors (Lipinski definition) is 0. The Kier molecular flexibility index (Phi) is 9.07. The second-order valence-corrected chi connectivity index (χ2v) is 8.57. The fourth-order valence-electron chi connectivity index (χ4n) is 4.33. The average Bonchev–Trinajstić information content (AvgIpc) is 2.72. The summed E-state index contributed by atoms with van der Waals surface area (Å²) in [5.41, 5.74) is 5.11. The second kappa shape index (κ2) is 11.3. The maximum absolute atomic E-state index is 5.50. The van der Waals surface area contributed by atoms with Crippen molar-refractivity contribution >= 4 is 0 Å². The highest BCUT2D eigenvalue weighted by atomic mass is 16.5. The van der Waals surface area contributed by atoms with E-state index in [9.17, 15) is 0 Å². The third-order valence-electron chi connectivity index (χ3n) is 6.34. The highest BCUT2D eigenvalue weighted by Gasteiger charge is 2.29. The van der Waals surface area contributed by atoms with Crippen LogP contribution in [0.15, 0.2) is 36.4 Å². The van der Waals surface area contributed by atoms with Crippen LogP contribution in [0.5, 0.6) is 11.5 Å². The van der Waals surface area contributed by atoms with Crippen LogP contribution in [-0.2, 0) is 5.41 Å². The van der Waals surface area contributed by atoms with E-state index in [0.29, 0.717) is 0 Å². The third-order valence-corrected chi connectivity index (χ3v) is 6.34. The van der Waals surface area contributed by atoms with Crippen molar-refractivity contribution in [1.82, 2.24) is 0 Å². The van der Waals surface area contributed by atoms with Gasteiger partial charge in [0.25, 0.3) is 0 Å². The van der Waals surface area contributed by atoms with E-state index in [1.165, 1.54) is 67.2 Å². The second-order valence-electron chi connectivity index (χ2n) is 8.57. The maximum Gasteiger partial charge on any atom is 0.121 e. The summed E-state index contributed by atoms with van der Waals surface area (Å²) >= 11 is 0. The first kappa shape index (κ1) is 23.3. The molecule has 2 heteroatoms. The Labute approximate surface area is 178 Å². The summed E-state index contributed by atoms with van der Waals surface area (Å²) in [5, 5.41) is 0. The molecule has 0 N–H and O–H groups in total. The quantitative estimate of drug-likeness (QED) is 0.341. The van der Waals surface area contributed by atoms with Crippen molar-refractivity contribution in [2.45, 2.75) is 84.5 Å². The van der Waals surface area contributed by atoms with E-state index in [-0.39, 0.29) is 5.41 Å². The fraction of sp³-hybridized carbons (Fsp3) is 0.556. The van der Waals surface area contributed by atoms with E-state index < -0.39 is 0 Å². The molecule has 0 spiro atoms. The largest absolute Gasteiger partial charge is 0.496 e. The zero-order valence-corrected chi connectivity index (χ0v) is 19.4. The molecule has 0 saturated heterocycles. The molecule has 0 atom stereocenters. The van der Waals surface area contributed by atoms with Crippen molar-refractivity contribution in [2.75, 3.05) is 14.2 Å². The van der Waals surface area contributed by atoms with E-state index in [2.05, 4.69) is 64.1 Å². The molecule has 0 aliphatic rings. The highest BCUT2D eigenvalue weighted by Crippen LogP contribution is 2.40. The molecule has 2 aromatic carbocycles. The summed E-state index contributed by atoms with van der Waals surface area (Å²) in [7, 11) is 3.49. The molecule has 0 bridgehead atoms. The normalized spacial score (nSPS) is 11.5. The zero-order chi connectivity index (χ0) is 21.3. The van der Waals surface area contributed by atoms with Gasteiger partial charge < -0.3 is 9.47 Å². The lowest BCUT2D eigenvalue weighted by atomic mass is 9.72. The van der Waals surface area contributed by atoms with Gasteiger partial charge >= 0.3 is 0 Å². The first-order valence-electron chi connectivity index (χ1n) is 11.3. The van der Waals surface area contributed by atoms with Crippen molar-refractivity contribution in [3.63, 3.8) is 0 Å². The predicted octanol–water partition coefficient (Wildman–Crippen LogP) is 7.77. The van der Waals surface area contributed by atoms with Crippen LogP contribution in [0.3, 0.4) is 0 Å². The standard InChI is InChI=1S/C27H40O2/c1-7-8-9-10-11-12-13-18-27(4,23-14-16-25(28-5)21(2)19-23)24-15-17-26(29-6)22(3)20-24/h14-17,19-20H,7-13,18H2,1-6H3. The Morgan fingerprint density at radius 2 is 1.14 bits per heavy atom. The van der Waals surface area contributed by atoms with Crippen LogP contribution in [0.25, 0.3) is 0 Å². The topological polar surface area (TPSA) is 18.5 Å². The minimum atomic E-state index is -0.0164. The lowest BCUT2D eigenvalue weighted by Gasteiger charge is -2.32. The van der Waals surface area contributed by atoms with Crippen LogP contribution >= 0.6 is 0 Å². The van der Waals surface area contributed by atoms with E-state index in [1.807, 2.05) is 0 Å². The van der Waals surface area contributed by atoms with Crippen LogP contribution in [0.1, 0.15) is 87.5 Å². The molecule has 0 amide bonds. The molecule has 0 aliphatic carbocycles. The summed E-state index contributed by atoms with van der Waals surface area (Å²) < 4.78 is 11.0. The molecule has 0 saturated carbocycles. The van der Waals surface area contributed by atoms with Crippen LogP contribution in [0, 0.1) is 13.8 Å². The first-order valence-corrected chi connectivity index (χ1v) is 11.3. The van der Waals surface area contributed by atoms with Gasteiger partial charge in [-0.3, -0.25) is 0 Å². The average molecular weight is 397 g/mol. The number of unbranched alkanes of at least 4 members (excludes halogenated alkanes) is 6. The third kappa shape index (κ3) is 6.01. The minimum absolute atomic E-state index is 0.0164. The summed E-state index contributed by atoms with van der Waals surface area (Å²) in [6.45, 7) is 8.94. The molecular weight excluding hydrogens is 356 g/mol. The highest BCUT2D eigenvalue weighted by molar-refractivity contribution is 5.47. The van der Waals surface area contributed by atoms with Crippen molar-refractivity contribution in [3.8, 4) is 11.5 Å². The number of ether oxygens (including phenoxy) is 2. The van der Waals surface area contributed by atoms with E-state index in [4.69, 9.17) is 9.47 Å². The van der Waals surface area contributed by atoms with Gasteiger partial charge in [-0.25, -0.2) is 0 Å². The van der Waals surface area contributed by atoms with Gasteiger partial charge in [-0.2, -0.15) is 0 Å². The number of hydrogen-bond acceptors (Lipinski definition) is 2. The molecular formula is C27H40O2. The Balaban J connectivity index is 2.25. The van der Waals surface area contributed by atoms with Crippen LogP contribution in [-0.4, -0.2) is 14.2 Å². The van der Waals surface area contributed by atoms with Gasteiger partial charge in [-0.05, 0) is 54.7 Å². The molecule has 0 heterocycles. The van der Waals surface area contributed by atoms with Gasteiger partial charge in [0.05, 0.1) is 14.2 Å².